The molecule has 0 radical (unpaired) electrons. The van der Waals surface area contributed by atoms with Gasteiger partial charge in [-0.3, -0.25) is 0 Å². The van der Waals surface area contributed by atoms with Gasteiger partial charge in [-0.25, -0.2) is 0 Å². The zero-order chi connectivity index (χ0) is 25.9. The number of methoxy groups -OCH3 is 1. The molecule has 0 spiro atoms. The average Bonchev–Trinajstić information content (AvgIpc) is 2.91. The van der Waals surface area contributed by atoms with Gasteiger partial charge in [0.1, 0.15) is 0 Å². The number of nitrogens with zero attached hydrogens (tertiary/aromatic N) is 1. The van der Waals surface area contributed by atoms with E-state index in [1.54, 1.807) is 7.11 Å². The first-order valence-corrected chi connectivity index (χ1v) is 10.1. The quantitative estimate of drug-likeness (QED) is 0.266. The van der Waals surface area contributed by atoms with Gasteiger partial charge in [0, 0.05) is 0 Å². The third kappa shape index (κ3) is 13.0. The summed E-state index contributed by atoms with van der Waals surface area (Å²) in [5, 5.41) is 0. The zero-order valence-corrected chi connectivity index (χ0v) is 20.8. The predicted octanol–water partition coefficient (Wildman–Crippen LogP) is 3.98. The number of benzene rings is 1. The summed E-state index contributed by atoms with van der Waals surface area (Å²) in [5.41, 5.74) is 3.93. The van der Waals surface area contributed by atoms with E-state index in [1.165, 1.54) is 36.2 Å². The second-order valence-electron chi connectivity index (χ2n) is 5.27. The van der Waals surface area contributed by atoms with Crippen LogP contribution in [0, 0.1) is 33.3 Å². The summed E-state index contributed by atoms with van der Waals surface area (Å²) in [5.74, 6) is 0.261. The van der Waals surface area contributed by atoms with Gasteiger partial charge >= 0.3 is 201 Å². The Labute approximate surface area is 200 Å². The predicted molar refractivity (Wildman–Crippen MR) is 109 cm³/mol. The fraction of sp³-hybridized carbons (Fsp3) is 0.250. The first-order chi connectivity index (χ1) is 15.7. The van der Waals surface area contributed by atoms with E-state index in [9.17, 15) is 0 Å². The zero-order valence-electron chi connectivity index (χ0n) is 17.8. The van der Waals surface area contributed by atoms with Crippen LogP contribution in [0.25, 0.3) is 0 Å². The normalized spacial score (nSPS) is 12.5. The first kappa shape index (κ1) is 36.8. The molecule has 0 aliphatic carbocycles. The number of ether oxygens (including phenoxy) is 1. The van der Waals surface area contributed by atoms with Crippen LogP contribution in [0.3, 0.4) is 0 Å². The van der Waals surface area contributed by atoms with Crippen molar-refractivity contribution in [3.8, 4) is 0 Å². The second-order valence-corrected chi connectivity index (χ2v) is 6.60. The SMILES string of the molecule is C=CCC1=C([C](=[W])OC)C(c2ccccc2)C=CN1CCC.[C-]#[O+].[C-]#[O+].[C-]#[O+].[C-]#[O+].[C-]#[O+]. The van der Waals surface area contributed by atoms with Gasteiger partial charge in [-0.05, 0) is 0 Å². The van der Waals surface area contributed by atoms with Crippen molar-refractivity contribution in [2.24, 2.45) is 0 Å². The molecule has 1 aromatic rings. The van der Waals surface area contributed by atoms with Gasteiger partial charge < -0.3 is 0 Å². The van der Waals surface area contributed by atoms with Crippen molar-refractivity contribution in [3.05, 3.63) is 105 Å². The molecule has 8 heteroatoms. The molecule has 1 unspecified atom stereocenters. The van der Waals surface area contributed by atoms with Crippen molar-refractivity contribution in [1.29, 1.82) is 0 Å². The van der Waals surface area contributed by atoms with Crippen LogP contribution in [0.2, 0.25) is 0 Å². The maximum atomic E-state index is 7.50. The molecule has 0 saturated heterocycles. The van der Waals surface area contributed by atoms with E-state index in [0.717, 1.165) is 23.5 Å². The third-order valence-electron chi connectivity index (χ3n) is 3.79. The fourth-order valence-electron chi connectivity index (χ4n) is 2.82. The van der Waals surface area contributed by atoms with E-state index in [-0.39, 0.29) is 5.92 Å². The Hall–Kier alpha value is -2.54. The Bertz CT molecular complexity index is 768. The molecule has 0 N–H and O–H groups in total. The molecule has 0 fully saturated rings. The molecule has 0 saturated carbocycles. The standard InChI is InChI=1S/C19H23NO.5CO.W/c1-4-9-19-18(15-21-3)17(12-14-20(19)13-5-2)16-10-7-6-8-11-16;5*1-2;/h4,6-8,10-12,14,17H,1,5,9,13H2,2-3H3;;;;;;. The maximum absolute atomic E-state index is 7.50. The number of rotatable bonds is 7. The fourth-order valence-corrected chi connectivity index (χ4v) is 3.70. The number of allylic oxidation sites excluding steroid dienone is 2. The van der Waals surface area contributed by atoms with Gasteiger partial charge in [0.05, 0.1) is 0 Å². The molecule has 1 aromatic carbocycles. The van der Waals surface area contributed by atoms with Gasteiger partial charge in [0.15, 0.2) is 0 Å². The van der Waals surface area contributed by atoms with Crippen LogP contribution in [0.1, 0.15) is 31.2 Å². The van der Waals surface area contributed by atoms with E-state index < -0.39 is 0 Å². The first-order valence-electron chi connectivity index (χ1n) is 8.67. The number of hydrogen-bond acceptors (Lipinski definition) is 2. The third-order valence-corrected chi connectivity index (χ3v) is 5.18. The summed E-state index contributed by atoms with van der Waals surface area (Å²) in [6.07, 6.45) is 8.48. The van der Waals surface area contributed by atoms with Crippen molar-refractivity contribution >= 4 is 4.08 Å². The molecule has 166 valence electrons. The van der Waals surface area contributed by atoms with Crippen LogP contribution < -0.4 is 0 Å². The van der Waals surface area contributed by atoms with Crippen molar-refractivity contribution in [2.45, 2.75) is 25.7 Å². The van der Waals surface area contributed by atoms with Crippen LogP contribution in [-0.4, -0.2) is 22.6 Å². The Morgan fingerprint density at radius 2 is 1.53 bits per heavy atom. The summed E-state index contributed by atoms with van der Waals surface area (Å²) < 4.78 is 44.2. The molecule has 1 heterocycles. The number of hydrogen-bond donors (Lipinski definition) is 0. The molecule has 0 amide bonds. The van der Waals surface area contributed by atoms with Crippen molar-refractivity contribution in [2.75, 3.05) is 13.7 Å². The topological polar surface area (TPSA) is 112 Å². The van der Waals surface area contributed by atoms with E-state index in [0.29, 0.717) is 0 Å². The van der Waals surface area contributed by atoms with E-state index >= 15 is 0 Å². The molecule has 0 aromatic heterocycles. The van der Waals surface area contributed by atoms with Gasteiger partial charge in [0.2, 0.25) is 0 Å². The van der Waals surface area contributed by atoms with E-state index in [1.807, 2.05) is 6.08 Å². The van der Waals surface area contributed by atoms with Crippen LogP contribution in [-0.2, 0) is 47.4 Å². The Morgan fingerprint density at radius 3 is 1.94 bits per heavy atom. The van der Waals surface area contributed by atoms with Gasteiger partial charge in [0.25, 0.3) is 0 Å². The van der Waals surface area contributed by atoms with Crippen molar-refractivity contribution in [3.63, 3.8) is 0 Å². The summed E-state index contributed by atoms with van der Waals surface area (Å²) in [6, 6.07) is 10.6. The summed E-state index contributed by atoms with van der Waals surface area (Å²) >= 11 is 1.36. The van der Waals surface area contributed by atoms with Crippen LogP contribution in [0.5, 0.6) is 0 Å². The van der Waals surface area contributed by atoms with Crippen LogP contribution in [0.4, 0.5) is 0 Å². The summed E-state index contributed by atoms with van der Waals surface area (Å²) in [7, 11) is 1.77. The Kier molecular flexibility index (Phi) is 32.7. The molecule has 7 nitrogen and oxygen atoms in total. The second kappa shape index (κ2) is 28.5. The molecule has 2 rings (SSSR count). The molecule has 1 aliphatic rings. The molecule has 32 heavy (non-hydrogen) atoms. The Balaban J connectivity index is -0.000000345. The van der Waals surface area contributed by atoms with Gasteiger partial charge in [-0.2, -0.15) is 0 Å². The Morgan fingerprint density at radius 1 is 1.03 bits per heavy atom. The minimum absolute atomic E-state index is 0.261. The van der Waals surface area contributed by atoms with Crippen LogP contribution >= 0.6 is 0 Å². The molecular weight excluding hydrogens is 582 g/mol. The molecule has 1 aliphatic heterocycles. The summed E-state index contributed by atoms with van der Waals surface area (Å²) in [6.45, 7) is 29.7. The van der Waals surface area contributed by atoms with Gasteiger partial charge in [-0.1, -0.05) is 0 Å². The molecular formula is C24H23NO6W. The van der Waals surface area contributed by atoms with Crippen molar-refractivity contribution in [1.82, 2.24) is 4.90 Å². The average molecular weight is 605 g/mol. The molecule has 0 bridgehead atoms. The van der Waals surface area contributed by atoms with Crippen LogP contribution in [0.15, 0.2) is 66.5 Å². The molecule has 1 atom stereocenters. The van der Waals surface area contributed by atoms with Crippen molar-refractivity contribution < 1.29 is 47.4 Å². The summed E-state index contributed by atoms with van der Waals surface area (Å²) in [4.78, 5) is 2.35. The van der Waals surface area contributed by atoms with Gasteiger partial charge in [-0.15, -0.1) is 0 Å². The van der Waals surface area contributed by atoms with E-state index in [2.05, 4.69) is 94.3 Å². The minimum atomic E-state index is 0.261. The monoisotopic (exact) mass is 605 g/mol. The van der Waals surface area contributed by atoms with E-state index in [4.69, 9.17) is 28.0 Å².